The second-order valence-electron chi connectivity index (χ2n) is 4.36. The van der Waals surface area contributed by atoms with E-state index >= 15 is 0 Å². The zero-order chi connectivity index (χ0) is 13.4. The molecule has 0 saturated heterocycles. The Labute approximate surface area is 112 Å². The number of rotatable bonds is 8. The van der Waals surface area contributed by atoms with Crippen LogP contribution >= 0.6 is 11.3 Å². The number of amides is 1. The maximum Gasteiger partial charge on any atom is 0.221 e. The minimum Gasteiger partial charge on any atom is -0.396 e. The Balaban J connectivity index is 2.38. The van der Waals surface area contributed by atoms with Gasteiger partial charge in [-0.3, -0.25) is 4.79 Å². The van der Waals surface area contributed by atoms with Crippen LogP contribution in [-0.4, -0.2) is 24.2 Å². The largest absolute Gasteiger partial charge is 0.396 e. The lowest BCUT2D eigenvalue weighted by Gasteiger charge is -2.14. The van der Waals surface area contributed by atoms with Crippen molar-refractivity contribution in [1.29, 1.82) is 0 Å². The number of anilines is 1. The molecule has 102 valence electrons. The number of nitrogens with one attached hydrogen (secondary N) is 2. The highest BCUT2D eigenvalue weighted by Crippen LogP contribution is 2.22. The fourth-order valence-corrected chi connectivity index (χ4v) is 2.60. The fourth-order valence-electron chi connectivity index (χ4n) is 1.80. The van der Waals surface area contributed by atoms with E-state index in [2.05, 4.69) is 17.6 Å². The van der Waals surface area contributed by atoms with Crippen LogP contribution in [0.5, 0.6) is 0 Å². The first-order valence-electron chi connectivity index (χ1n) is 6.32. The highest BCUT2D eigenvalue weighted by atomic mass is 32.1. The third kappa shape index (κ3) is 5.16. The molecular weight excluding hydrogens is 248 g/mol. The highest BCUT2D eigenvalue weighted by Gasteiger charge is 2.08. The third-order valence-electron chi connectivity index (χ3n) is 2.89. The van der Waals surface area contributed by atoms with E-state index in [0.717, 1.165) is 36.5 Å². The molecule has 1 aromatic rings. The van der Waals surface area contributed by atoms with E-state index in [9.17, 15) is 4.79 Å². The van der Waals surface area contributed by atoms with E-state index in [1.165, 1.54) is 6.92 Å². The number of carbonyl (C=O) groups is 1. The average Bonchev–Trinajstić information content (AvgIpc) is 2.74. The van der Waals surface area contributed by atoms with E-state index in [1.807, 2.05) is 11.4 Å². The van der Waals surface area contributed by atoms with Gasteiger partial charge in [-0.25, -0.2) is 0 Å². The second kappa shape index (κ2) is 8.24. The normalized spacial score (nSPS) is 12.4. The number of hydrogen-bond donors (Lipinski definition) is 3. The Morgan fingerprint density at radius 3 is 2.94 bits per heavy atom. The summed E-state index contributed by atoms with van der Waals surface area (Å²) in [4.78, 5) is 12.2. The zero-order valence-corrected chi connectivity index (χ0v) is 11.8. The number of aliphatic hydroxyl groups is 1. The Kier molecular flexibility index (Phi) is 6.93. The van der Waals surface area contributed by atoms with Crippen LogP contribution in [0.3, 0.4) is 0 Å². The van der Waals surface area contributed by atoms with Crippen LogP contribution in [0, 0.1) is 5.92 Å². The van der Waals surface area contributed by atoms with Crippen molar-refractivity contribution in [1.82, 2.24) is 5.32 Å². The number of hydrogen-bond acceptors (Lipinski definition) is 4. The molecule has 0 aliphatic rings. The van der Waals surface area contributed by atoms with Gasteiger partial charge in [0.05, 0.1) is 5.69 Å². The quantitative estimate of drug-likeness (QED) is 0.678. The van der Waals surface area contributed by atoms with Gasteiger partial charge >= 0.3 is 0 Å². The summed E-state index contributed by atoms with van der Waals surface area (Å²) in [6.45, 7) is 5.55. The SMILES string of the molecule is CCC(CCO)CNCc1sccc1NC(C)=O. The minimum atomic E-state index is -0.0404. The van der Waals surface area contributed by atoms with Crippen LogP contribution in [0.25, 0.3) is 0 Å². The van der Waals surface area contributed by atoms with Gasteiger partial charge in [0, 0.05) is 25.0 Å². The molecule has 3 N–H and O–H groups in total. The lowest BCUT2D eigenvalue weighted by Crippen LogP contribution is -2.23. The molecule has 0 bridgehead atoms. The van der Waals surface area contributed by atoms with Crippen molar-refractivity contribution < 1.29 is 9.90 Å². The topological polar surface area (TPSA) is 61.4 Å². The summed E-state index contributed by atoms with van der Waals surface area (Å²) < 4.78 is 0. The summed E-state index contributed by atoms with van der Waals surface area (Å²) in [5.41, 5.74) is 0.898. The Morgan fingerprint density at radius 2 is 2.33 bits per heavy atom. The molecule has 0 saturated carbocycles. The van der Waals surface area contributed by atoms with Gasteiger partial charge in [0.1, 0.15) is 0 Å². The molecule has 1 unspecified atom stereocenters. The molecule has 0 spiro atoms. The molecule has 0 aromatic carbocycles. The summed E-state index contributed by atoms with van der Waals surface area (Å²) in [6, 6.07) is 1.92. The van der Waals surface area contributed by atoms with E-state index in [-0.39, 0.29) is 12.5 Å². The van der Waals surface area contributed by atoms with E-state index in [0.29, 0.717) is 5.92 Å². The molecule has 4 nitrogen and oxygen atoms in total. The summed E-state index contributed by atoms with van der Waals surface area (Å²) in [6.07, 6.45) is 1.91. The van der Waals surface area contributed by atoms with Crippen molar-refractivity contribution in [3.8, 4) is 0 Å². The second-order valence-corrected chi connectivity index (χ2v) is 5.36. The van der Waals surface area contributed by atoms with Crippen molar-refractivity contribution in [2.75, 3.05) is 18.5 Å². The number of aliphatic hydroxyl groups excluding tert-OH is 1. The number of thiophene rings is 1. The molecule has 0 aliphatic heterocycles. The van der Waals surface area contributed by atoms with Crippen LogP contribution in [-0.2, 0) is 11.3 Å². The molecule has 1 atom stereocenters. The Bertz CT molecular complexity index is 366. The van der Waals surface area contributed by atoms with Gasteiger partial charge in [0.2, 0.25) is 5.91 Å². The maximum atomic E-state index is 11.0. The van der Waals surface area contributed by atoms with Crippen molar-refractivity contribution in [3.63, 3.8) is 0 Å². The summed E-state index contributed by atoms with van der Waals surface area (Å²) in [5.74, 6) is 0.473. The minimum absolute atomic E-state index is 0.0404. The molecule has 0 aliphatic carbocycles. The summed E-state index contributed by atoms with van der Waals surface area (Å²) in [5, 5.41) is 17.1. The molecule has 1 rings (SSSR count). The predicted molar refractivity (Wildman–Crippen MR) is 75.8 cm³/mol. The molecule has 1 heterocycles. The van der Waals surface area contributed by atoms with Gasteiger partial charge in [-0.15, -0.1) is 11.3 Å². The molecule has 18 heavy (non-hydrogen) atoms. The zero-order valence-electron chi connectivity index (χ0n) is 11.0. The van der Waals surface area contributed by atoms with Crippen LogP contribution in [0.15, 0.2) is 11.4 Å². The predicted octanol–water partition coefficient (Wildman–Crippen LogP) is 2.20. The average molecular weight is 270 g/mol. The molecule has 0 fully saturated rings. The van der Waals surface area contributed by atoms with E-state index < -0.39 is 0 Å². The van der Waals surface area contributed by atoms with E-state index in [4.69, 9.17) is 5.11 Å². The van der Waals surface area contributed by atoms with Crippen molar-refractivity contribution in [3.05, 3.63) is 16.3 Å². The molecule has 0 radical (unpaired) electrons. The Morgan fingerprint density at radius 1 is 1.56 bits per heavy atom. The lowest BCUT2D eigenvalue weighted by molar-refractivity contribution is -0.114. The van der Waals surface area contributed by atoms with Gasteiger partial charge in [0.15, 0.2) is 0 Å². The van der Waals surface area contributed by atoms with Crippen LogP contribution in [0.2, 0.25) is 0 Å². The monoisotopic (exact) mass is 270 g/mol. The smallest absolute Gasteiger partial charge is 0.221 e. The van der Waals surface area contributed by atoms with Gasteiger partial charge in [-0.1, -0.05) is 13.3 Å². The van der Waals surface area contributed by atoms with Gasteiger partial charge < -0.3 is 15.7 Å². The first-order chi connectivity index (χ1) is 8.67. The van der Waals surface area contributed by atoms with Gasteiger partial charge in [-0.05, 0) is 30.3 Å². The first kappa shape index (κ1) is 15.1. The van der Waals surface area contributed by atoms with Crippen molar-refractivity contribution >= 4 is 22.9 Å². The standard InChI is InChI=1S/C13H22N2O2S/c1-3-11(4-6-16)8-14-9-13-12(5-7-18-13)15-10(2)17/h5,7,11,14,16H,3-4,6,8-9H2,1-2H3,(H,15,17). The van der Waals surface area contributed by atoms with Crippen LogP contribution in [0.4, 0.5) is 5.69 Å². The third-order valence-corrected chi connectivity index (χ3v) is 3.81. The van der Waals surface area contributed by atoms with Crippen molar-refractivity contribution in [2.45, 2.75) is 33.2 Å². The van der Waals surface area contributed by atoms with Crippen LogP contribution < -0.4 is 10.6 Å². The molecular formula is C13H22N2O2S. The van der Waals surface area contributed by atoms with E-state index in [1.54, 1.807) is 11.3 Å². The fraction of sp³-hybridized carbons (Fsp3) is 0.615. The van der Waals surface area contributed by atoms with Crippen LogP contribution in [0.1, 0.15) is 31.6 Å². The maximum absolute atomic E-state index is 11.0. The van der Waals surface area contributed by atoms with Gasteiger partial charge in [0.25, 0.3) is 0 Å². The van der Waals surface area contributed by atoms with Crippen molar-refractivity contribution in [2.24, 2.45) is 5.92 Å². The molecule has 1 amide bonds. The highest BCUT2D eigenvalue weighted by molar-refractivity contribution is 7.10. The summed E-state index contributed by atoms with van der Waals surface area (Å²) >= 11 is 1.64. The number of carbonyl (C=O) groups excluding carboxylic acids is 1. The Hall–Kier alpha value is -0.910. The molecule has 5 heteroatoms. The molecule has 1 aromatic heterocycles. The van der Waals surface area contributed by atoms with Gasteiger partial charge in [-0.2, -0.15) is 0 Å². The lowest BCUT2D eigenvalue weighted by atomic mass is 10.0. The first-order valence-corrected chi connectivity index (χ1v) is 7.20. The summed E-state index contributed by atoms with van der Waals surface area (Å²) in [7, 11) is 0.